The van der Waals surface area contributed by atoms with Gasteiger partial charge in [-0.25, -0.2) is 8.42 Å². The number of anilines is 1. The van der Waals surface area contributed by atoms with Gasteiger partial charge in [-0.3, -0.25) is 4.79 Å². The summed E-state index contributed by atoms with van der Waals surface area (Å²) in [4.78, 5) is 13.6. The third-order valence-electron chi connectivity index (χ3n) is 3.63. The van der Waals surface area contributed by atoms with Crippen LogP contribution < -0.4 is 5.32 Å². The smallest absolute Gasteiger partial charge is 0.242 e. The van der Waals surface area contributed by atoms with Gasteiger partial charge in [0.15, 0.2) is 0 Å². The van der Waals surface area contributed by atoms with E-state index in [9.17, 15) is 13.2 Å². The van der Waals surface area contributed by atoms with Gasteiger partial charge in [0.05, 0.1) is 11.9 Å². The molecular formula is C15H22N2O3S2. The first-order valence-corrected chi connectivity index (χ1v) is 10.3. The molecule has 0 bridgehead atoms. The monoisotopic (exact) mass is 342 g/mol. The number of benzene rings is 1. The molecule has 1 aromatic rings. The average molecular weight is 342 g/mol. The Labute approximate surface area is 136 Å². The van der Waals surface area contributed by atoms with Gasteiger partial charge >= 0.3 is 0 Å². The summed E-state index contributed by atoms with van der Waals surface area (Å²) < 4.78 is 25.1. The molecule has 7 heteroatoms. The first kappa shape index (κ1) is 17.3. The second-order valence-corrected chi connectivity index (χ2v) is 8.54. The van der Waals surface area contributed by atoms with Crippen LogP contribution in [0.4, 0.5) is 5.69 Å². The number of nitrogens with zero attached hydrogens (tertiary/aromatic N) is 1. The van der Waals surface area contributed by atoms with Gasteiger partial charge in [0.25, 0.3) is 0 Å². The number of para-hydroxylation sites is 1. The number of carbonyl (C=O) groups is 1. The fraction of sp³-hybridized carbons (Fsp3) is 0.533. The molecule has 0 saturated carbocycles. The number of hydrogen-bond donors (Lipinski definition) is 1. The van der Waals surface area contributed by atoms with Crippen molar-refractivity contribution in [3.05, 3.63) is 24.3 Å². The molecular weight excluding hydrogens is 320 g/mol. The number of nitrogens with one attached hydrogen (secondary N) is 1. The fourth-order valence-electron chi connectivity index (χ4n) is 2.63. The molecule has 1 saturated heterocycles. The molecule has 0 aromatic heterocycles. The van der Waals surface area contributed by atoms with E-state index in [1.54, 1.807) is 11.8 Å². The Morgan fingerprint density at radius 3 is 2.77 bits per heavy atom. The van der Waals surface area contributed by atoms with E-state index in [4.69, 9.17) is 0 Å². The Morgan fingerprint density at radius 1 is 1.36 bits per heavy atom. The van der Waals surface area contributed by atoms with Crippen LogP contribution in [-0.2, 0) is 14.8 Å². The van der Waals surface area contributed by atoms with E-state index in [-0.39, 0.29) is 5.91 Å². The van der Waals surface area contributed by atoms with Gasteiger partial charge in [-0.2, -0.15) is 4.31 Å². The van der Waals surface area contributed by atoms with Crippen molar-refractivity contribution in [2.45, 2.75) is 37.1 Å². The van der Waals surface area contributed by atoms with Crippen LogP contribution in [-0.4, -0.2) is 43.2 Å². The molecule has 0 spiro atoms. The van der Waals surface area contributed by atoms with Crippen molar-refractivity contribution in [1.29, 1.82) is 0 Å². The van der Waals surface area contributed by atoms with Crippen molar-refractivity contribution in [1.82, 2.24) is 4.31 Å². The predicted molar refractivity (Wildman–Crippen MR) is 90.7 cm³/mol. The first-order valence-electron chi connectivity index (χ1n) is 7.43. The van der Waals surface area contributed by atoms with E-state index < -0.39 is 16.1 Å². The van der Waals surface area contributed by atoms with Gasteiger partial charge in [-0.05, 0) is 30.7 Å². The Bertz CT molecular complexity index is 631. The number of hydrogen-bond acceptors (Lipinski definition) is 4. The van der Waals surface area contributed by atoms with Crippen LogP contribution in [0, 0.1) is 0 Å². The lowest BCUT2D eigenvalue weighted by Crippen LogP contribution is -2.49. The van der Waals surface area contributed by atoms with E-state index in [0.717, 1.165) is 29.2 Å². The number of sulfonamides is 1. The molecule has 0 radical (unpaired) electrons. The van der Waals surface area contributed by atoms with Gasteiger partial charge in [-0.1, -0.05) is 25.5 Å². The van der Waals surface area contributed by atoms with Gasteiger partial charge in [-0.15, -0.1) is 11.8 Å². The Hall–Kier alpha value is -1.05. The van der Waals surface area contributed by atoms with Crippen LogP contribution in [0.1, 0.15) is 26.2 Å². The van der Waals surface area contributed by atoms with Crippen molar-refractivity contribution in [2.24, 2.45) is 0 Å². The molecule has 1 atom stereocenters. The van der Waals surface area contributed by atoms with Crippen molar-refractivity contribution in [2.75, 3.05) is 23.9 Å². The van der Waals surface area contributed by atoms with E-state index in [2.05, 4.69) is 12.2 Å². The molecule has 1 aromatic carbocycles. The number of thioether (sulfide) groups is 1. The standard InChI is InChI=1S/C15H22N2O3S2/c1-3-21-14-10-5-4-8-12(14)16-15(18)13-9-6-7-11-17(13)22(2,19)20/h4-5,8,10,13H,3,6-7,9,11H2,1-2H3,(H,16,18). The molecule has 1 N–H and O–H groups in total. The van der Waals surface area contributed by atoms with Crippen molar-refractivity contribution < 1.29 is 13.2 Å². The average Bonchev–Trinajstić information content (AvgIpc) is 2.48. The maximum absolute atomic E-state index is 12.6. The summed E-state index contributed by atoms with van der Waals surface area (Å²) in [6, 6.07) is 6.99. The van der Waals surface area contributed by atoms with E-state index in [0.29, 0.717) is 13.0 Å². The highest BCUT2D eigenvalue weighted by atomic mass is 32.2. The lowest BCUT2D eigenvalue weighted by Gasteiger charge is -2.32. The maximum Gasteiger partial charge on any atom is 0.242 e. The largest absolute Gasteiger partial charge is 0.324 e. The Morgan fingerprint density at radius 2 is 2.09 bits per heavy atom. The first-order chi connectivity index (χ1) is 10.4. The summed E-state index contributed by atoms with van der Waals surface area (Å²) in [5.41, 5.74) is 0.748. The summed E-state index contributed by atoms with van der Waals surface area (Å²) in [6.45, 7) is 2.47. The van der Waals surface area contributed by atoms with Crippen LogP contribution in [0.25, 0.3) is 0 Å². The predicted octanol–water partition coefficient (Wildman–Crippen LogP) is 2.55. The zero-order valence-electron chi connectivity index (χ0n) is 12.9. The minimum absolute atomic E-state index is 0.241. The lowest BCUT2D eigenvalue weighted by atomic mass is 10.0. The van der Waals surface area contributed by atoms with Crippen LogP contribution in [0.5, 0.6) is 0 Å². The highest BCUT2D eigenvalue weighted by Gasteiger charge is 2.34. The van der Waals surface area contributed by atoms with E-state index in [1.165, 1.54) is 10.6 Å². The summed E-state index contributed by atoms with van der Waals surface area (Å²) in [7, 11) is -3.37. The summed E-state index contributed by atoms with van der Waals surface area (Å²) in [5.74, 6) is 0.667. The lowest BCUT2D eigenvalue weighted by molar-refractivity contribution is -0.120. The van der Waals surface area contributed by atoms with Crippen molar-refractivity contribution in [3.63, 3.8) is 0 Å². The van der Waals surface area contributed by atoms with Crippen molar-refractivity contribution >= 4 is 33.4 Å². The third-order valence-corrected chi connectivity index (χ3v) is 5.87. The summed E-state index contributed by atoms with van der Waals surface area (Å²) >= 11 is 1.65. The molecule has 1 fully saturated rings. The van der Waals surface area contributed by atoms with Gasteiger partial charge in [0, 0.05) is 11.4 Å². The second kappa shape index (κ2) is 7.48. The zero-order valence-corrected chi connectivity index (χ0v) is 14.5. The van der Waals surface area contributed by atoms with Gasteiger partial charge in [0.1, 0.15) is 6.04 Å². The minimum atomic E-state index is -3.37. The topological polar surface area (TPSA) is 66.5 Å². The van der Waals surface area contributed by atoms with E-state index in [1.807, 2.05) is 24.3 Å². The molecule has 1 amide bonds. The minimum Gasteiger partial charge on any atom is -0.324 e. The van der Waals surface area contributed by atoms with Crippen LogP contribution in [0.2, 0.25) is 0 Å². The van der Waals surface area contributed by atoms with Crippen molar-refractivity contribution in [3.8, 4) is 0 Å². The van der Waals surface area contributed by atoms with Crippen LogP contribution in [0.15, 0.2) is 29.2 Å². The fourth-order valence-corrected chi connectivity index (χ4v) is 4.52. The van der Waals surface area contributed by atoms with Crippen LogP contribution >= 0.6 is 11.8 Å². The zero-order chi connectivity index (χ0) is 16.2. The highest BCUT2D eigenvalue weighted by Crippen LogP contribution is 2.28. The van der Waals surface area contributed by atoms with Gasteiger partial charge in [0.2, 0.25) is 15.9 Å². The Kier molecular flexibility index (Phi) is 5.88. The molecule has 2 rings (SSSR count). The number of rotatable bonds is 5. The molecule has 1 aliphatic heterocycles. The van der Waals surface area contributed by atoms with Gasteiger partial charge < -0.3 is 5.32 Å². The molecule has 1 unspecified atom stereocenters. The molecule has 1 heterocycles. The molecule has 22 heavy (non-hydrogen) atoms. The SMILES string of the molecule is CCSc1ccccc1NC(=O)C1CCCCN1S(C)(=O)=O. The molecule has 122 valence electrons. The number of carbonyl (C=O) groups excluding carboxylic acids is 1. The number of piperidine rings is 1. The summed E-state index contributed by atoms with van der Waals surface area (Å²) in [5, 5.41) is 2.90. The summed E-state index contributed by atoms with van der Waals surface area (Å²) in [6.07, 6.45) is 3.41. The molecule has 0 aliphatic carbocycles. The maximum atomic E-state index is 12.6. The molecule has 1 aliphatic rings. The normalized spacial score (nSPS) is 19.8. The van der Waals surface area contributed by atoms with Crippen LogP contribution in [0.3, 0.4) is 0 Å². The molecule has 5 nitrogen and oxygen atoms in total. The Balaban J connectivity index is 2.17. The third kappa shape index (κ3) is 4.24. The second-order valence-electron chi connectivity index (χ2n) is 5.30. The quantitative estimate of drug-likeness (QED) is 0.835. The highest BCUT2D eigenvalue weighted by molar-refractivity contribution is 7.99. The number of amides is 1. The van der Waals surface area contributed by atoms with E-state index >= 15 is 0 Å².